The van der Waals surface area contributed by atoms with Gasteiger partial charge >= 0.3 is 0 Å². The number of piperidine rings is 1. The normalized spacial score (nSPS) is 18.4. The summed E-state index contributed by atoms with van der Waals surface area (Å²) in [6.45, 7) is 4.34. The molecule has 1 amide bonds. The Hall–Kier alpha value is -4.17. The van der Waals surface area contributed by atoms with Crippen LogP contribution < -0.4 is 10.5 Å². The monoisotopic (exact) mass is 595 g/mol. The fourth-order valence-electron chi connectivity index (χ4n) is 5.85. The van der Waals surface area contributed by atoms with E-state index in [1.165, 1.54) is 40.5 Å². The summed E-state index contributed by atoms with van der Waals surface area (Å²) < 4.78 is 31.3. The van der Waals surface area contributed by atoms with Gasteiger partial charge in [0.15, 0.2) is 5.65 Å². The molecule has 12 nitrogen and oxygen atoms in total. The summed E-state index contributed by atoms with van der Waals surface area (Å²) in [7, 11) is 2.12. The van der Waals surface area contributed by atoms with Gasteiger partial charge in [-0.2, -0.15) is 10.2 Å². The number of fused-ring (bicyclic) bond motifs is 1. The smallest absolute Gasteiger partial charge is 0.264 e. The molecule has 2 aliphatic heterocycles. The Labute approximate surface area is 246 Å². The summed E-state index contributed by atoms with van der Waals surface area (Å²) in [5, 5.41) is 19.9. The van der Waals surface area contributed by atoms with Crippen LogP contribution in [0.1, 0.15) is 25.3 Å². The molecule has 14 heteroatoms. The van der Waals surface area contributed by atoms with Crippen LogP contribution >= 0.6 is 0 Å². The van der Waals surface area contributed by atoms with Crippen molar-refractivity contribution in [2.75, 3.05) is 51.2 Å². The SMILES string of the molecule is CN1CCN(c2ccc(-n3ncc4c(=O)n(CC5(O)CCN(C(=O)CC(C(F)F)n6cccn6)CC5)cnc43)cc2)CC1. The minimum atomic E-state index is -2.74. The van der Waals surface area contributed by atoms with E-state index in [1.807, 2.05) is 24.3 Å². The van der Waals surface area contributed by atoms with Gasteiger partial charge in [0.25, 0.3) is 12.0 Å². The Kier molecular flexibility index (Phi) is 7.97. The highest BCUT2D eigenvalue weighted by Gasteiger charge is 2.36. The first-order valence-corrected chi connectivity index (χ1v) is 14.5. The second-order valence-electron chi connectivity index (χ2n) is 11.5. The number of alkyl halides is 2. The van der Waals surface area contributed by atoms with Gasteiger partial charge in [0.1, 0.15) is 17.8 Å². The molecule has 0 saturated carbocycles. The fraction of sp³-hybridized carbons (Fsp3) is 0.483. The zero-order valence-corrected chi connectivity index (χ0v) is 24.0. The highest BCUT2D eigenvalue weighted by Crippen LogP contribution is 2.27. The first-order valence-electron chi connectivity index (χ1n) is 14.5. The van der Waals surface area contributed by atoms with Crippen molar-refractivity contribution in [3.05, 3.63) is 65.6 Å². The molecule has 43 heavy (non-hydrogen) atoms. The number of likely N-dealkylation sites (N-methyl/N-ethyl adjacent to an activating group) is 1. The molecule has 2 aliphatic rings. The number of nitrogens with zero attached hydrogens (tertiary/aromatic N) is 9. The Morgan fingerprint density at radius 3 is 2.37 bits per heavy atom. The van der Waals surface area contributed by atoms with Crippen LogP contribution in [0, 0.1) is 0 Å². The zero-order valence-electron chi connectivity index (χ0n) is 24.0. The van der Waals surface area contributed by atoms with Gasteiger partial charge in [-0.3, -0.25) is 18.8 Å². The van der Waals surface area contributed by atoms with Crippen molar-refractivity contribution in [1.29, 1.82) is 0 Å². The van der Waals surface area contributed by atoms with E-state index in [1.54, 1.807) is 4.68 Å². The highest BCUT2D eigenvalue weighted by atomic mass is 19.3. The van der Waals surface area contributed by atoms with Crippen molar-refractivity contribution in [2.45, 2.75) is 43.9 Å². The molecule has 0 aliphatic carbocycles. The average Bonchev–Trinajstić information content (AvgIpc) is 3.69. The van der Waals surface area contributed by atoms with E-state index in [-0.39, 0.29) is 44.5 Å². The maximum atomic E-state index is 13.6. The van der Waals surface area contributed by atoms with E-state index < -0.39 is 24.0 Å². The van der Waals surface area contributed by atoms with E-state index in [9.17, 15) is 23.5 Å². The van der Waals surface area contributed by atoms with Gasteiger partial charge < -0.3 is 19.8 Å². The van der Waals surface area contributed by atoms with Crippen LogP contribution in [0.15, 0.2) is 60.0 Å². The minimum absolute atomic E-state index is 0.00531. The number of likely N-dealkylation sites (tertiary alicyclic amines) is 1. The van der Waals surface area contributed by atoms with E-state index >= 15 is 0 Å². The fourth-order valence-corrected chi connectivity index (χ4v) is 5.85. The number of piperazine rings is 1. The standard InChI is InChI=1S/C29H35F2N9O3/c1-35-13-15-36(16-14-35)21-3-5-22(6-4-21)40-27-23(18-34-40)28(42)38(20-32-27)19-29(43)7-11-37(12-8-29)25(41)17-24(26(30)31)39-10-2-9-33-39/h2-6,9-10,18,20,24,26,43H,7-8,11-17,19H2,1H3. The third-order valence-corrected chi connectivity index (χ3v) is 8.57. The molecule has 5 heterocycles. The Morgan fingerprint density at radius 2 is 1.72 bits per heavy atom. The summed E-state index contributed by atoms with van der Waals surface area (Å²) >= 11 is 0. The maximum absolute atomic E-state index is 13.6. The highest BCUT2D eigenvalue weighted by molar-refractivity contribution is 5.77. The molecule has 1 aromatic carbocycles. The van der Waals surface area contributed by atoms with Gasteiger partial charge in [0.2, 0.25) is 5.91 Å². The lowest BCUT2D eigenvalue weighted by molar-refractivity contribution is -0.138. The molecule has 0 radical (unpaired) electrons. The molecule has 0 spiro atoms. The molecule has 0 bridgehead atoms. The predicted molar refractivity (Wildman–Crippen MR) is 155 cm³/mol. The molecular formula is C29H35F2N9O3. The number of aromatic nitrogens is 6. The summed E-state index contributed by atoms with van der Waals surface area (Å²) in [6, 6.07) is 8.20. The summed E-state index contributed by atoms with van der Waals surface area (Å²) in [4.78, 5) is 36.8. The molecule has 4 aromatic rings. The van der Waals surface area contributed by atoms with E-state index in [0.29, 0.717) is 11.0 Å². The van der Waals surface area contributed by atoms with Crippen LogP contribution in [0.5, 0.6) is 0 Å². The molecule has 2 saturated heterocycles. The number of carbonyl (C=O) groups excluding carboxylic acids is 1. The second-order valence-corrected chi connectivity index (χ2v) is 11.5. The van der Waals surface area contributed by atoms with Gasteiger partial charge in [-0.05, 0) is 50.2 Å². The lowest BCUT2D eigenvalue weighted by Crippen LogP contribution is -2.50. The number of anilines is 1. The van der Waals surface area contributed by atoms with Crippen molar-refractivity contribution in [2.24, 2.45) is 0 Å². The largest absolute Gasteiger partial charge is 0.388 e. The second kappa shape index (κ2) is 11.8. The number of aliphatic hydroxyl groups is 1. The van der Waals surface area contributed by atoms with Crippen molar-refractivity contribution in [1.82, 2.24) is 38.9 Å². The molecule has 6 rings (SSSR count). The molecule has 2 fully saturated rings. The molecule has 3 aromatic heterocycles. The number of hydrogen-bond donors (Lipinski definition) is 1. The molecule has 228 valence electrons. The van der Waals surface area contributed by atoms with Crippen LogP contribution in [0.4, 0.5) is 14.5 Å². The van der Waals surface area contributed by atoms with Crippen LogP contribution in [-0.2, 0) is 11.3 Å². The molecule has 1 N–H and O–H groups in total. The lowest BCUT2D eigenvalue weighted by Gasteiger charge is -2.38. The third-order valence-electron chi connectivity index (χ3n) is 8.57. The van der Waals surface area contributed by atoms with Crippen LogP contribution in [-0.4, -0.2) is 108 Å². The minimum Gasteiger partial charge on any atom is -0.388 e. The number of benzene rings is 1. The van der Waals surface area contributed by atoms with Crippen molar-refractivity contribution in [3.63, 3.8) is 0 Å². The van der Waals surface area contributed by atoms with Crippen LogP contribution in [0.25, 0.3) is 16.7 Å². The number of hydrogen-bond acceptors (Lipinski definition) is 8. The Morgan fingerprint density at radius 1 is 1.02 bits per heavy atom. The quantitative estimate of drug-likeness (QED) is 0.328. The van der Waals surface area contributed by atoms with Gasteiger partial charge in [-0.25, -0.2) is 18.4 Å². The topological polar surface area (TPSA) is 118 Å². The van der Waals surface area contributed by atoms with Crippen molar-refractivity contribution in [3.8, 4) is 5.69 Å². The Bertz CT molecular complexity index is 1600. The zero-order chi connectivity index (χ0) is 30.1. The van der Waals surface area contributed by atoms with E-state index in [4.69, 9.17) is 0 Å². The average molecular weight is 596 g/mol. The maximum Gasteiger partial charge on any atom is 0.264 e. The van der Waals surface area contributed by atoms with Gasteiger partial charge in [0.05, 0.1) is 30.5 Å². The molecule has 1 atom stereocenters. The van der Waals surface area contributed by atoms with Crippen LogP contribution in [0.3, 0.4) is 0 Å². The number of carbonyl (C=O) groups is 1. The van der Waals surface area contributed by atoms with Gasteiger partial charge in [-0.15, -0.1) is 0 Å². The number of halogens is 2. The first kappa shape index (κ1) is 28.9. The number of amides is 1. The van der Waals surface area contributed by atoms with Gasteiger partial charge in [0, 0.05) is 57.3 Å². The van der Waals surface area contributed by atoms with E-state index in [2.05, 4.69) is 32.0 Å². The number of rotatable bonds is 8. The Balaban J connectivity index is 1.10. The lowest BCUT2D eigenvalue weighted by atomic mass is 9.91. The van der Waals surface area contributed by atoms with Crippen molar-refractivity contribution >= 4 is 22.6 Å². The van der Waals surface area contributed by atoms with Crippen molar-refractivity contribution < 1.29 is 18.7 Å². The summed E-state index contributed by atoms with van der Waals surface area (Å²) in [5.41, 5.74) is 0.768. The predicted octanol–water partition coefficient (Wildman–Crippen LogP) is 1.78. The summed E-state index contributed by atoms with van der Waals surface area (Å²) in [6.07, 6.45) is 2.97. The molecular weight excluding hydrogens is 560 g/mol. The van der Waals surface area contributed by atoms with E-state index in [0.717, 1.165) is 42.2 Å². The first-order chi connectivity index (χ1) is 20.7. The van der Waals surface area contributed by atoms with Gasteiger partial charge in [-0.1, -0.05) is 0 Å². The third kappa shape index (κ3) is 6.02. The molecule has 1 unspecified atom stereocenters. The summed E-state index contributed by atoms with van der Waals surface area (Å²) in [5.74, 6) is -0.424. The van der Waals surface area contributed by atoms with Crippen LogP contribution in [0.2, 0.25) is 0 Å².